The zero-order valence-electron chi connectivity index (χ0n) is 22.3. The molecule has 1 aliphatic rings. The molecule has 0 unspecified atom stereocenters. The minimum absolute atomic E-state index is 0.0687. The fourth-order valence-corrected chi connectivity index (χ4v) is 4.10. The number of rotatable bonds is 9. The summed E-state index contributed by atoms with van der Waals surface area (Å²) in [6, 6.07) is 9.02. The van der Waals surface area contributed by atoms with Crippen molar-refractivity contribution in [1.29, 1.82) is 0 Å². The van der Waals surface area contributed by atoms with Crippen LogP contribution >= 0.6 is 0 Å². The number of alkyl carbamates (subject to hydrolysis) is 1. The van der Waals surface area contributed by atoms with Crippen molar-refractivity contribution >= 4 is 12.2 Å². The zero-order chi connectivity index (χ0) is 26.1. The van der Waals surface area contributed by atoms with Crippen molar-refractivity contribution in [2.24, 2.45) is 5.92 Å². The van der Waals surface area contributed by atoms with E-state index in [-0.39, 0.29) is 6.54 Å². The molecule has 2 rings (SSSR count). The van der Waals surface area contributed by atoms with Gasteiger partial charge in [0.15, 0.2) is 0 Å². The number of nitrogens with zero attached hydrogens (tertiary/aromatic N) is 1. The van der Waals surface area contributed by atoms with Crippen molar-refractivity contribution in [1.82, 2.24) is 15.8 Å². The van der Waals surface area contributed by atoms with E-state index in [0.29, 0.717) is 18.9 Å². The molecule has 0 saturated heterocycles. The van der Waals surface area contributed by atoms with Crippen LogP contribution in [0.4, 0.5) is 9.59 Å². The zero-order valence-corrected chi connectivity index (χ0v) is 22.3. The third-order valence-electron chi connectivity index (χ3n) is 5.74. The Bertz CT molecular complexity index is 782. The lowest BCUT2D eigenvalue weighted by molar-refractivity contribution is 0.000924. The molecule has 1 saturated carbocycles. The van der Waals surface area contributed by atoms with Gasteiger partial charge in [0.25, 0.3) is 0 Å². The quantitative estimate of drug-likeness (QED) is 0.429. The summed E-state index contributed by atoms with van der Waals surface area (Å²) in [4.78, 5) is 25.4. The van der Waals surface area contributed by atoms with Crippen LogP contribution in [0.3, 0.4) is 0 Å². The molecule has 1 aromatic carbocycles. The minimum Gasteiger partial charge on any atom is -0.444 e. The molecule has 8 nitrogen and oxygen atoms in total. The molecule has 0 radical (unpaired) electrons. The molecule has 3 N–H and O–H groups in total. The van der Waals surface area contributed by atoms with E-state index in [2.05, 4.69) is 10.7 Å². The first-order valence-electron chi connectivity index (χ1n) is 12.8. The number of carbonyl (C=O) groups is 2. The molecule has 2 atom stereocenters. The van der Waals surface area contributed by atoms with Gasteiger partial charge >= 0.3 is 12.2 Å². The van der Waals surface area contributed by atoms with Crippen molar-refractivity contribution in [3.05, 3.63) is 35.9 Å². The number of hydrogen-bond acceptors (Lipinski definition) is 6. The van der Waals surface area contributed by atoms with Crippen LogP contribution in [-0.2, 0) is 15.9 Å². The summed E-state index contributed by atoms with van der Waals surface area (Å²) in [7, 11) is 0. The van der Waals surface area contributed by atoms with Gasteiger partial charge in [0.2, 0.25) is 0 Å². The second-order valence-electron chi connectivity index (χ2n) is 11.5. The van der Waals surface area contributed by atoms with E-state index in [0.717, 1.165) is 31.2 Å². The highest BCUT2D eigenvalue weighted by molar-refractivity contribution is 5.68. The van der Waals surface area contributed by atoms with Crippen LogP contribution in [-0.4, -0.2) is 58.7 Å². The van der Waals surface area contributed by atoms with E-state index in [1.165, 1.54) is 11.4 Å². The van der Waals surface area contributed by atoms with Gasteiger partial charge in [0, 0.05) is 13.1 Å². The summed E-state index contributed by atoms with van der Waals surface area (Å²) < 4.78 is 11.0. The fraction of sp³-hybridized carbons (Fsp3) is 0.704. The Hall–Kier alpha value is -2.32. The number of benzene rings is 1. The Kier molecular flexibility index (Phi) is 10.8. The molecule has 0 heterocycles. The highest BCUT2D eigenvalue weighted by atomic mass is 16.6. The lowest BCUT2D eigenvalue weighted by Gasteiger charge is -2.33. The number of hydrazine groups is 1. The molecule has 1 aromatic rings. The van der Waals surface area contributed by atoms with Gasteiger partial charge in [-0.2, -0.15) is 0 Å². The first-order valence-corrected chi connectivity index (χ1v) is 12.8. The van der Waals surface area contributed by atoms with E-state index in [1.807, 2.05) is 51.1 Å². The van der Waals surface area contributed by atoms with Crippen molar-refractivity contribution in [3.8, 4) is 0 Å². The van der Waals surface area contributed by atoms with Crippen LogP contribution in [0.25, 0.3) is 0 Å². The van der Waals surface area contributed by atoms with E-state index in [1.54, 1.807) is 20.8 Å². The van der Waals surface area contributed by atoms with Crippen LogP contribution in [0.2, 0.25) is 0 Å². The number of nitrogens with one attached hydrogen (secondary N) is 2. The molecular weight excluding hydrogens is 446 g/mol. The van der Waals surface area contributed by atoms with Gasteiger partial charge in [-0.25, -0.2) is 20.0 Å². The topological polar surface area (TPSA) is 100 Å². The van der Waals surface area contributed by atoms with Crippen LogP contribution in [0.5, 0.6) is 0 Å². The molecule has 1 aliphatic carbocycles. The normalized spacial score (nSPS) is 16.8. The Labute approximate surface area is 210 Å². The monoisotopic (exact) mass is 491 g/mol. The summed E-state index contributed by atoms with van der Waals surface area (Å²) in [6.45, 7) is 11.5. The molecule has 2 amide bonds. The smallest absolute Gasteiger partial charge is 0.424 e. The molecular formula is C27H45N3O5. The second-order valence-corrected chi connectivity index (χ2v) is 11.5. The molecule has 1 fully saturated rings. The van der Waals surface area contributed by atoms with Crippen molar-refractivity contribution in [3.63, 3.8) is 0 Å². The van der Waals surface area contributed by atoms with Crippen LogP contribution in [0.1, 0.15) is 79.2 Å². The van der Waals surface area contributed by atoms with Gasteiger partial charge in [0.1, 0.15) is 11.2 Å². The van der Waals surface area contributed by atoms with Crippen molar-refractivity contribution in [2.75, 3.05) is 13.1 Å². The minimum atomic E-state index is -0.973. The molecule has 8 heteroatoms. The van der Waals surface area contributed by atoms with Gasteiger partial charge < -0.3 is 19.9 Å². The first-order chi connectivity index (χ1) is 16.3. The number of aliphatic hydroxyl groups is 1. The number of ether oxygens (including phenoxy) is 2. The molecule has 0 bridgehead atoms. The van der Waals surface area contributed by atoms with Gasteiger partial charge in [-0.15, -0.1) is 0 Å². The maximum Gasteiger partial charge on any atom is 0.424 e. The lowest BCUT2D eigenvalue weighted by atomic mass is 9.89. The Morgan fingerprint density at radius 3 is 2.17 bits per heavy atom. The van der Waals surface area contributed by atoms with Crippen molar-refractivity contribution < 1.29 is 24.2 Å². The standard InChI is InChI=1S/C27H45N3O5/c1-26(2,3)34-24(32)29-22(17-20-13-9-7-10-14-20)23(31)18-28-30(25(33)35-27(4,5)6)19-21-15-11-8-12-16-21/h7,9-10,13-14,21-23,28,31H,8,11-12,15-19H2,1-6H3,(H,29,32)/t22-,23-/m0/s1. The second kappa shape index (κ2) is 13.1. The molecule has 0 aliphatic heterocycles. The summed E-state index contributed by atoms with van der Waals surface area (Å²) in [6.07, 6.45) is 4.08. The third-order valence-corrected chi connectivity index (χ3v) is 5.74. The van der Waals surface area contributed by atoms with E-state index in [4.69, 9.17) is 9.47 Å². The molecule has 0 spiro atoms. The molecule has 0 aromatic heterocycles. The molecule has 35 heavy (non-hydrogen) atoms. The van der Waals surface area contributed by atoms with E-state index >= 15 is 0 Å². The molecule has 198 valence electrons. The van der Waals surface area contributed by atoms with Gasteiger partial charge in [-0.1, -0.05) is 49.6 Å². The summed E-state index contributed by atoms with van der Waals surface area (Å²) in [5.74, 6) is 0.390. The number of hydrogen-bond donors (Lipinski definition) is 3. The summed E-state index contributed by atoms with van der Waals surface area (Å²) >= 11 is 0. The predicted molar refractivity (Wildman–Crippen MR) is 137 cm³/mol. The predicted octanol–water partition coefficient (Wildman–Crippen LogP) is 4.81. The maximum atomic E-state index is 12.9. The summed E-state index contributed by atoms with van der Waals surface area (Å²) in [5.41, 5.74) is 2.78. The highest BCUT2D eigenvalue weighted by Crippen LogP contribution is 2.24. The highest BCUT2D eigenvalue weighted by Gasteiger charge is 2.29. The average molecular weight is 492 g/mol. The Morgan fingerprint density at radius 2 is 1.60 bits per heavy atom. The SMILES string of the molecule is CC(C)(C)OC(=O)N[C@@H](Cc1ccccc1)[C@@H](O)CNN(CC1CCCCC1)C(=O)OC(C)(C)C. The van der Waals surface area contributed by atoms with E-state index < -0.39 is 35.5 Å². The maximum absolute atomic E-state index is 12.9. The van der Waals surface area contributed by atoms with Crippen molar-refractivity contribution in [2.45, 2.75) is 103 Å². The first kappa shape index (κ1) is 28.9. The summed E-state index contributed by atoms with van der Waals surface area (Å²) in [5, 5.41) is 15.4. The Morgan fingerprint density at radius 1 is 1.00 bits per heavy atom. The largest absolute Gasteiger partial charge is 0.444 e. The van der Waals surface area contributed by atoms with E-state index in [9.17, 15) is 14.7 Å². The average Bonchev–Trinajstić information content (AvgIpc) is 2.75. The fourth-order valence-electron chi connectivity index (χ4n) is 4.10. The third kappa shape index (κ3) is 11.8. The number of aliphatic hydroxyl groups excluding tert-OH is 1. The Balaban J connectivity index is 2.09. The van der Waals surface area contributed by atoms with Gasteiger partial charge in [-0.3, -0.25) is 0 Å². The van der Waals surface area contributed by atoms with Gasteiger partial charge in [-0.05, 0) is 72.3 Å². The van der Waals surface area contributed by atoms with Crippen LogP contribution in [0.15, 0.2) is 30.3 Å². The number of carbonyl (C=O) groups excluding carboxylic acids is 2. The number of amides is 2. The van der Waals surface area contributed by atoms with Gasteiger partial charge in [0.05, 0.1) is 12.1 Å². The lowest BCUT2D eigenvalue weighted by Crippen LogP contribution is -2.55. The van der Waals surface area contributed by atoms with Crippen LogP contribution < -0.4 is 10.7 Å². The van der Waals surface area contributed by atoms with Crippen LogP contribution in [0, 0.1) is 5.92 Å².